The first kappa shape index (κ1) is 25.1. The third kappa shape index (κ3) is 8.17. The molecule has 32 heavy (non-hydrogen) atoms. The molecule has 1 aromatic heterocycles. The van der Waals surface area contributed by atoms with E-state index in [1.165, 1.54) is 18.2 Å². The number of nitrogens with zero attached hydrogens (tertiary/aromatic N) is 3. The highest BCUT2D eigenvalue weighted by Gasteiger charge is 2.16. The molecule has 0 atom stereocenters. The number of amidine groups is 1. The second kappa shape index (κ2) is 13.3. The second-order valence-corrected chi connectivity index (χ2v) is 7.75. The standard InChI is InChI=1S/C12H13BrFN5O2S.C7H8N2O/c1-22-5-4-15-11-10(18-21-19-11)12(17-20)16-7-2-3-9(14)8(13)6-7;8-7(10)9-6-4-2-1-3-5-6/h2-3,6,20H,4-5H2,1H3,(H,15,19)(H,16,17);1-5H,(H3,8,9,10). The third-order valence-electron chi connectivity index (χ3n) is 3.60. The smallest absolute Gasteiger partial charge is 0.316 e. The SMILES string of the molecule is CSCCNc1nonc1C(=Nc1ccc(F)c(Br)c1)NO.NC(=O)Nc1ccccc1. The number of thioether (sulfide) groups is 1. The second-order valence-electron chi connectivity index (χ2n) is 5.91. The lowest BCUT2D eigenvalue weighted by molar-refractivity contribution is 0.234. The Morgan fingerprint density at radius 2 is 2.03 bits per heavy atom. The van der Waals surface area contributed by atoms with Gasteiger partial charge in [-0.1, -0.05) is 18.2 Å². The van der Waals surface area contributed by atoms with Crippen LogP contribution in [-0.4, -0.2) is 45.9 Å². The monoisotopic (exact) mass is 525 g/mol. The number of carbonyl (C=O) groups is 1. The number of rotatable bonds is 7. The summed E-state index contributed by atoms with van der Waals surface area (Å²) in [5.41, 5.74) is 8.19. The molecule has 0 saturated heterocycles. The van der Waals surface area contributed by atoms with Crippen molar-refractivity contribution in [1.82, 2.24) is 15.8 Å². The van der Waals surface area contributed by atoms with Crippen LogP contribution in [-0.2, 0) is 0 Å². The van der Waals surface area contributed by atoms with E-state index in [0.29, 0.717) is 18.1 Å². The van der Waals surface area contributed by atoms with Crippen molar-refractivity contribution in [2.45, 2.75) is 0 Å². The average Bonchev–Trinajstić information content (AvgIpc) is 3.24. The lowest BCUT2D eigenvalue weighted by atomic mass is 10.3. The van der Waals surface area contributed by atoms with Gasteiger partial charge in [-0.25, -0.2) is 18.8 Å². The van der Waals surface area contributed by atoms with Crippen LogP contribution in [0.3, 0.4) is 0 Å². The van der Waals surface area contributed by atoms with E-state index in [9.17, 15) is 14.4 Å². The van der Waals surface area contributed by atoms with Crippen LogP contribution in [0, 0.1) is 5.82 Å². The fourth-order valence-corrected chi connectivity index (χ4v) is 2.88. The molecule has 0 aliphatic heterocycles. The first-order valence-electron chi connectivity index (χ1n) is 9.05. The number of halogens is 2. The number of aliphatic imine (C=N–C) groups is 1. The number of benzene rings is 2. The van der Waals surface area contributed by atoms with Crippen LogP contribution in [0.5, 0.6) is 0 Å². The van der Waals surface area contributed by atoms with E-state index in [-0.39, 0.29) is 16.0 Å². The molecule has 0 fully saturated rings. The number of primary amides is 1. The number of para-hydroxylation sites is 1. The van der Waals surface area contributed by atoms with Crippen LogP contribution in [0.4, 0.5) is 26.4 Å². The van der Waals surface area contributed by atoms with E-state index in [1.54, 1.807) is 23.9 Å². The molecule has 2 aromatic carbocycles. The summed E-state index contributed by atoms with van der Waals surface area (Å²) in [6.45, 7) is 0.656. The molecule has 3 rings (SSSR count). The zero-order chi connectivity index (χ0) is 23.3. The molecule has 3 aromatic rings. The zero-order valence-corrected chi connectivity index (χ0v) is 19.3. The van der Waals surface area contributed by atoms with Crippen LogP contribution in [0.1, 0.15) is 5.69 Å². The number of carbonyl (C=O) groups excluding carboxylic acids is 1. The minimum absolute atomic E-state index is 0.0337. The molecular weight excluding hydrogens is 505 g/mol. The maximum absolute atomic E-state index is 13.2. The van der Waals surface area contributed by atoms with E-state index in [0.717, 1.165) is 11.4 Å². The lowest BCUT2D eigenvalue weighted by Crippen LogP contribution is -2.22. The average molecular weight is 526 g/mol. The molecule has 13 heteroatoms. The van der Waals surface area contributed by atoms with Gasteiger partial charge in [0.2, 0.25) is 5.82 Å². The zero-order valence-electron chi connectivity index (χ0n) is 16.9. The Hall–Kier alpha value is -3.16. The molecule has 170 valence electrons. The lowest BCUT2D eigenvalue weighted by Gasteiger charge is -2.05. The molecular formula is C19H21BrFN7O3S. The minimum atomic E-state index is -0.536. The largest absolute Gasteiger partial charge is 0.364 e. The van der Waals surface area contributed by atoms with Crippen molar-refractivity contribution in [3.05, 3.63) is 64.5 Å². The molecule has 6 N–H and O–H groups in total. The number of hydrogen-bond acceptors (Lipinski definition) is 8. The van der Waals surface area contributed by atoms with Gasteiger partial charge in [0, 0.05) is 18.0 Å². The van der Waals surface area contributed by atoms with Crippen molar-refractivity contribution in [1.29, 1.82) is 0 Å². The Morgan fingerprint density at radius 1 is 1.28 bits per heavy atom. The quantitative estimate of drug-likeness (QED) is 0.134. The molecule has 0 aliphatic carbocycles. The van der Waals surface area contributed by atoms with Crippen LogP contribution in [0.15, 0.2) is 62.6 Å². The van der Waals surface area contributed by atoms with Crippen molar-refractivity contribution < 1.29 is 19.0 Å². The minimum Gasteiger partial charge on any atom is -0.364 e. The topological polar surface area (TPSA) is 151 Å². The summed E-state index contributed by atoms with van der Waals surface area (Å²) in [6, 6.07) is 12.7. The summed E-state index contributed by atoms with van der Waals surface area (Å²) in [6.07, 6.45) is 1.98. The Balaban J connectivity index is 0.000000303. The number of nitrogens with two attached hydrogens (primary N) is 1. The van der Waals surface area contributed by atoms with E-state index in [1.807, 2.05) is 29.9 Å². The summed E-state index contributed by atoms with van der Waals surface area (Å²) < 4.78 is 18.2. The fraction of sp³-hybridized carbons (Fsp3) is 0.158. The van der Waals surface area contributed by atoms with E-state index >= 15 is 0 Å². The van der Waals surface area contributed by atoms with E-state index in [2.05, 4.69) is 46.5 Å². The van der Waals surface area contributed by atoms with Gasteiger partial charge in [0.15, 0.2) is 11.5 Å². The van der Waals surface area contributed by atoms with Gasteiger partial charge in [-0.2, -0.15) is 11.8 Å². The predicted octanol–water partition coefficient (Wildman–Crippen LogP) is 3.98. The summed E-state index contributed by atoms with van der Waals surface area (Å²) in [5, 5.41) is 22.2. The van der Waals surface area contributed by atoms with Gasteiger partial charge in [-0.15, -0.1) is 0 Å². The molecule has 0 bridgehead atoms. The molecule has 0 radical (unpaired) electrons. The number of amides is 2. The molecule has 10 nitrogen and oxygen atoms in total. The Morgan fingerprint density at radius 3 is 2.66 bits per heavy atom. The summed E-state index contributed by atoms with van der Waals surface area (Å²) >= 11 is 4.75. The van der Waals surface area contributed by atoms with Gasteiger partial charge < -0.3 is 16.4 Å². The van der Waals surface area contributed by atoms with Crippen molar-refractivity contribution in [2.75, 3.05) is 29.2 Å². The van der Waals surface area contributed by atoms with Crippen molar-refractivity contribution >= 4 is 56.8 Å². The maximum Gasteiger partial charge on any atom is 0.316 e. The van der Waals surface area contributed by atoms with Gasteiger partial charge >= 0.3 is 6.03 Å². The Kier molecular flexibility index (Phi) is 10.4. The predicted molar refractivity (Wildman–Crippen MR) is 126 cm³/mol. The van der Waals surface area contributed by atoms with Crippen LogP contribution in [0.2, 0.25) is 0 Å². The third-order valence-corrected chi connectivity index (χ3v) is 4.82. The van der Waals surface area contributed by atoms with Gasteiger partial charge in [-0.3, -0.25) is 10.7 Å². The fourth-order valence-electron chi connectivity index (χ4n) is 2.21. The summed E-state index contributed by atoms with van der Waals surface area (Å²) in [7, 11) is 0. The maximum atomic E-state index is 13.2. The van der Waals surface area contributed by atoms with Crippen LogP contribution >= 0.6 is 27.7 Å². The Labute approximate surface area is 195 Å². The van der Waals surface area contributed by atoms with Gasteiger partial charge in [0.25, 0.3) is 0 Å². The molecule has 0 spiro atoms. The van der Waals surface area contributed by atoms with Crippen LogP contribution < -0.4 is 21.8 Å². The molecule has 1 heterocycles. The number of nitrogens with one attached hydrogen (secondary N) is 3. The van der Waals surface area contributed by atoms with E-state index < -0.39 is 11.8 Å². The van der Waals surface area contributed by atoms with Gasteiger partial charge in [0.1, 0.15) is 5.82 Å². The number of urea groups is 1. The van der Waals surface area contributed by atoms with Crippen molar-refractivity contribution in [3.63, 3.8) is 0 Å². The number of hydrogen-bond donors (Lipinski definition) is 5. The highest BCUT2D eigenvalue weighted by Crippen LogP contribution is 2.23. The van der Waals surface area contributed by atoms with E-state index in [4.69, 9.17) is 5.73 Å². The Bertz CT molecular complexity index is 1040. The van der Waals surface area contributed by atoms with Gasteiger partial charge in [0.05, 0.1) is 10.2 Å². The van der Waals surface area contributed by atoms with Crippen molar-refractivity contribution in [2.24, 2.45) is 10.7 Å². The van der Waals surface area contributed by atoms with Crippen LogP contribution in [0.25, 0.3) is 0 Å². The highest BCUT2D eigenvalue weighted by molar-refractivity contribution is 9.10. The number of aromatic nitrogens is 2. The van der Waals surface area contributed by atoms with Gasteiger partial charge in [-0.05, 0) is 62.8 Å². The molecule has 0 aliphatic rings. The first-order chi connectivity index (χ1) is 15.4. The number of anilines is 2. The van der Waals surface area contributed by atoms with Crippen molar-refractivity contribution in [3.8, 4) is 0 Å². The normalized spacial score (nSPS) is 10.7. The number of hydroxylamine groups is 1. The summed E-state index contributed by atoms with van der Waals surface area (Å²) in [4.78, 5) is 14.4. The molecule has 0 saturated carbocycles. The molecule has 0 unspecified atom stereocenters. The highest BCUT2D eigenvalue weighted by atomic mass is 79.9. The summed E-state index contributed by atoms with van der Waals surface area (Å²) in [5.74, 6) is 0.859. The molecule has 2 amide bonds. The first-order valence-corrected chi connectivity index (χ1v) is 11.2.